The van der Waals surface area contributed by atoms with Crippen molar-refractivity contribution in [2.24, 2.45) is 10.3 Å². The van der Waals surface area contributed by atoms with E-state index in [-0.39, 0.29) is 47.7 Å². The number of carbonyl (C=O) groups excluding carboxylic acids is 3. The molecule has 0 radical (unpaired) electrons. The Labute approximate surface area is 335 Å². The second-order valence-electron chi connectivity index (χ2n) is 14.7. The third-order valence-electron chi connectivity index (χ3n) is 11.0. The van der Waals surface area contributed by atoms with E-state index in [0.717, 1.165) is 37.1 Å². The minimum Gasteiger partial charge on any atom is -0.462 e. The smallest absolute Gasteiger partial charge is 0.343 e. The second kappa shape index (κ2) is 16.8. The van der Waals surface area contributed by atoms with Crippen molar-refractivity contribution in [3.63, 3.8) is 0 Å². The molecule has 58 heavy (non-hydrogen) atoms. The van der Waals surface area contributed by atoms with Crippen molar-refractivity contribution in [1.29, 1.82) is 0 Å². The predicted molar refractivity (Wildman–Crippen MR) is 219 cm³/mol. The topological polar surface area (TPSA) is 139 Å². The van der Waals surface area contributed by atoms with E-state index in [1.54, 1.807) is 35.1 Å². The lowest BCUT2D eigenvalue weighted by molar-refractivity contribution is -0.113. The van der Waals surface area contributed by atoms with Crippen LogP contribution in [0.4, 0.5) is 21.5 Å². The third kappa shape index (κ3) is 7.53. The lowest BCUT2D eigenvalue weighted by Gasteiger charge is -2.36. The van der Waals surface area contributed by atoms with E-state index in [0.29, 0.717) is 80.5 Å². The monoisotopic (exact) mass is 791 g/mol. The van der Waals surface area contributed by atoms with Gasteiger partial charge in [-0.05, 0) is 70.3 Å². The Morgan fingerprint density at radius 2 is 1.34 bits per heavy atom. The van der Waals surface area contributed by atoms with Gasteiger partial charge in [0.05, 0.1) is 29.2 Å². The Kier molecular flexibility index (Phi) is 11.2. The van der Waals surface area contributed by atoms with Gasteiger partial charge in [-0.1, -0.05) is 46.7 Å². The molecule has 3 aliphatic heterocycles. The number of para-hydroxylation sites is 2. The summed E-state index contributed by atoms with van der Waals surface area (Å²) >= 11 is 0. The predicted octanol–water partition coefficient (Wildman–Crippen LogP) is 5.11. The molecule has 1 saturated heterocycles. The maximum Gasteiger partial charge on any atom is 0.343 e. The van der Waals surface area contributed by atoms with Crippen LogP contribution in [0.15, 0.2) is 82.0 Å². The molecular formula is C43H46FN7O7. The first-order chi connectivity index (χ1) is 28.3. The fourth-order valence-corrected chi connectivity index (χ4v) is 7.93. The van der Waals surface area contributed by atoms with Crippen LogP contribution >= 0.6 is 0 Å². The number of piperazine rings is 1. The minimum absolute atomic E-state index is 0.0303. The molecular weight excluding hydrogens is 746 g/mol. The Bertz CT molecular complexity index is 2370. The number of anilines is 3. The summed E-state index contributed by atoms with van der Waals surface area (Å²) in [4.78, 5) is 71.4. The highest BCUT2D eigenvalue weighted by Gasteiger charge is 2.36. The van der Waals surface area contributed by atoms with Crippen molar-refractivity contribution in [2.45, 2.75) is 45.6 Å². The number of rotatable bonds is 15. The van der Waals surface area contributed by atoms with Crippen LogP contribution in [-0.2, 0) is 24.0 Å². The van der Waals surface area contributed by atoms with E-state index in [1.807, 2.05) is 58.9 Å². The first-order valence-corrected chi connectivity index (χ1v) is 20.0. The Balaban J connectivity index is 0.889. The number of halogens is 1. The molecule has 4 heterocycles. The minimum atomic E-state index is -0.786. The highest BCUT2D eigenvalue weighted by Crippen LogP contribution is 2.38. The zero-order valence-corrected chi connectivity index (χ0v) is 32.7. The summed E-state index contributed by atoms with van der Waals surface area (Å²) in [5.41, 5.74) is 3.80. The zero-order chi connectivity index (χ0) is 40.3. The van der Waals surface area contributed by atoms with Crippen LogP contribution in [0.3, 0.4) is 0 Å². The molecule has 0 bridgehead atoms. The summed E-state index contributed by atoms with van der Waals surface area (Å²) < 4.78 is 23.4. The number of pyridine rings is 1. The third-order valence-corrected chi connectivity index (χ3v) is 11.0. The van der Waals surface area contributed by atoms with Crippen molar-refractivity contribution in [3.8, 4) is 0 Å². The van der Waals surface area contributed by atoms with Crippen molar-refractivity contribution >= 4 is 57.2 Å². The molecule has 1 aliphatic carbocycles. The van der Waals surface area contributed by atoms with E-state index < -0.39 is 17.2 Å². The summed E-state index contributed by atoms with van der Waals surface area (Å²) in [6, 6.07) is 18.0. The van der Waals surface area contributed by atoms with Crippen LogP contribution < -0.4 is 20.1 Å². The van der Waals surface area contributed by atoms with Gasteiger partial charge < -0.3 is 33.7 Å². The van der Waals surface area contributed by atoms with Gasteiger partial charge in [0.2, 0.25) is 5.43 Å². The number of carbonyl (C=O) groups is 3. The van der Waals surface area contributed by atoms with Gasteiger partial charge in [-0.3, -0.25) is 19.3 Å². The SMILES string of the molecule is CCO/N=C1\C(=O)N(CCCN2CCN(c3cc4c(cc3F)c(=O)c(C(=O)OCCCN3C(=O)/C(=N/OCC)c5ccccc53)cn4C3CC3)CC2)c2ccccc21. The largest absolute Gasteiger partial charge is 0.462 e. The second-order valence-corrected chi connectivity index (χ2v) is 14.7. The lowest BCUT2D eigenvalue weighted by Crippen LogP contribution is -2.47. The quantitative estimate of drug-likeness (QED) is 0.0914. The summed E-state index contributed by atoms with van der Waals surface area (Å²) in [6.07, 6.45) is 4.39. The Hall–Kier alpha value is -6.09. The number of oxime groups is 2. The molecule has 0 unspecified atom stereocenters. The van der Waals surface area contributed by atoms with Crippen LogP contribution in [0.25, 0.3) is 10.9 Å². The van der Waals surface area contributed by atoms with Gasteiger partial charge in [-0.2, -0.15) is 0 Å². The van der Waals surface area contributed by atoms with E-state index in [1.165, 1.54) is 6.07 Å². The number of ether oxygens (including phenoxy) is 1. The molecule has 8 rings (SSSR count). The molecule has 1 saturated carbocycles. The molecule has 2 amide bonds. The van der Waals surface area contributed by atoms with Gasteiger partial charge in [0.15, 0.2) is 11.4 Å². The highest BCUT2D eigenvalue weighted by molar-refractivity contribution is 6.54. The van der Waals surface area contributed by atoms with Gasteiger partial charge in [-0.15, -0.1) is 0 Å². The van der Waals surface area contributed by atoms with Crippen molar-refractivity contribution in [2.75, 3.05) is 80.3 Å². The molecule has 14 nitrogen and oxygen atoms in total. The standard InChI is InChI=1S/C43H46FN7O7/c1-3-57-45-38-29-11-5-7-13-34(29)49(41(38)53)18-9-17-47-20-22-48(23-21-47)37-26-36-31(25-33(37)44)40(52)32(27-51(36)28-15-16-28)43(55)56-24-10-19-50-35-14-8-6-12-30(35)39(42(50)54)46-58-4-2/h5-8,11-14,25-28H,3-4,9-10,15-24H2,1-2H3/b45-38-,46-39+. The molecule has 1 aromatic heterocycles. The van der Waals surface area contributed by atoms with Gasteiger partial charge in [0.25, 0.3) is 11.8 Å². The number of amides is 2. The first kappa shape index (κ1) is 38.8. The summed E-state index contributed by atoms with van der Waals surface area (Å²) in [6.45, 7) is 8.45. The molecule has 0 atom stereocenters. The highest BCUT2D eigenvalue weighted by atomic mass is 19.1. The Morgan fingerprint density at radius 3 is 1.93 bits per heavy atom. The Morgan fingerprint density at radius 1 is 0.759 bits per heavy atom. The van der Waals surface area contributed by atoms with Crippen LogP contribution in [0, 0.1) is 5.82 Å². The molecule has 0 N–H and O–H groups in total. The summed E-state index contributed by atoms with van der Waals surface area (Å²) in [5, 5.41) is 8.21. The molecule has 0 spiro atoms. The van der Waals surface area contributed by atoms with Gasteiger partial charge >= 0.3 is 5.97 Å². The average molecular weight is 792 g/mol. The number of hydrogen-bond acceptors (Lipinski definition) is 11. The average Bonchev–Trinajstić information content (AvgIpc) is 4.00. The number of esters is 1. The molecule has 3 aromatic carbocycles. The fraction of sp³-hybridized carbons (Fsp3) is 0.395. The van der Waals surface area contributed by atoms with Crippen molar-refractivity contribution in [1.82, 2.24) is 9.47 Å². The van der Waals surface area contributed by atoms with Crippen LogP contribution in [0.2, 0.25) is 0 Å². The molecule has 4 aliphatic rings. The number of aromatic nitrogens is 1. The van der Waals surface area contributed by atoms with Crippen molar-refractivity contribution in [3.05, 3.63) is 99.6 Å². The van der Waals surface area contributed by atoms with E-state index in [4.69, 9.17) is 14.4 Å². The van der Waals surface area contributed by atoms with Gasteiger partial charge in [0, 0.05) is 68.0 Å². The first-order valence-electron chi connectivity index (χ1n) is 20.0. The number of fused-ring (bicyclic) bond motifs is 3. The summed E-state index contributed by atoms with van der Waals surface area (Å²) in [7, 11) is 0. The van der Waals surface area contributed by atoms with Crippen LogP contribution in [0.5, 0.6) is 0 Å². The van der Waals surface area contributed by atoms with Crippen molar-refractivity contribution < 1.29 is 33.2 Å². The normalized spacial score (nSPS) is 18.1. The molecule has 15 heteroatoms. The summed E-state index contributed by atoms with van der Waals surface area (Å²) in [5.74, 6) is -1.77. The van der Waals surface area contributed by atoms with Gasteiger partial charge in [-0.25, -0.2) is 9.18 Å². The van der Waals surface area contributed by atoms with E-state index in [2.05, 4.69) is 15.2 Å². The molecule has 302 valence electrons. The number of benzene rings is 3. The van der Waals surface area contributed by atoms with E-state index in [9.17, 15) is 19.2 Å². The maximum absolute atomic E-state index is 15.9. The van der Waals surface area contributed by atoms with Crippen LogP contribution in [-0.4, -0.2) is 104 Å². The maximum atomic E-state index is 15.9. The number of hydrogen-bond donors (Lipinski definition) is 0. The molecule has 2 fully saturated rings. The van der Waals surface area contributed by atoms with Crippen LogP contribution in [0.1, 0.15) is 67.1 Å². The number of nitrogens with zero attached hydrogens (tertiary/aromatic N) is 7. The zero-order valence-electron chi connectivity index (χ0n) is 32.7. The lowest BCUT2D eigenvalue weighted by atomic mass is 10.1. The van der Waals surface area contributed by atoms with E-state index >= 15 is 4.39 Å². The fourth-order valence-electron chi connectivity index (χ4n) is 7.93. The molecule has 4 aromatic rings. The van der Waals surface area contributed by atoms with Gasteiger partial charge in [0.1, 0.15) is 24.6 Å².